The van der Waals surface area contributed by atoms with Gasteiger partial charge >= 0.3 is 0 Å². The summed E-state index contributed by atoms with van der Waals surface area (Å²) in [5.41, 5.74) is 1.30. The lowest BCUT2D eigenvalue weighted by atomic mass is 9.53. The summed E-state index contributed by atoms with van der Waals surface area (Å²) in [6.45, 7) is 0.608. The van der Waals surface area contributed by atoms with Gasteiger partial charge in [0.25, 0.3) is 0 Å². The van der Waals surface area contributed by atoms with Crippen LogP contribution >= 0.6 is 0 Å². The molecular weight excluding hydrogens is 264 g/mol. The molecule has 1 saturated carbocycles. The van der Waals surface area contributed by atoms with E-state index in [1.54, 1.807) is 0 Å². The molecule has 1 aromatic carbocycles. The Morgan fingerprint density at radius 1 is 1.00 bits per heavy atom. The molecule has 1 aliphatic heterocycles. The SMILES string of the molecule is OCC[C@@H]1C2C=CC=CC2[C@H]1Cc1ccc2c(c1)OCO2. The van der Waals surface area contributed by atoms with Gasteiger partial charge in [0.05, 0.1) is 0 Å². The van der Waals surface area contributed by atoms with Crippen molar-refractivity contribution in [3.05, 3.63) is 48.1 Å². The molecule has 3 nitrogen and oxygen atoms in total. The van der Waals surface area contributed by atoms with E-state index in [4.69, 9.17) is 9.47 Å². The number of ether oxygens (including phenoxy) is 2. The molecule has 1 N–H and O–H groups in total. The number of aliphatic hydroxyl groups is 1. The quantitative estimate of drug-likeness (QED) is 0.924. The summed E-state index contributed by atoms with van der Waals surface area (Å²) in [5.74, 6) is 4.15. The Labute approximate surface area is 124 Å². The van der Waals surface area contributed by atoms with Gasteiger partial charge in [-0.25, -0.2) is 0 Å². The van der Waals surface area contributed by atoms with Crippen LogP contribution in [0.25, 0.3) is 0 Å². The highest BCUT2D eigenvalue weighted by atomic mass is 16.7. The summed E-state index contributed by atoms with van der Waals surface area (Å²) >= 11 is 0. The van der Waals surface area contributed by atoms with Gasteiger partial charge in [-0.3, -0.25) is 0 Å². The van der Waals surface area contributed by atoms with E-state index in [1.165, 1.54) is 5.56 Å². The van der Waals surface area contributed by atoms with Crippen LogP contribution in [-0.4, -0.2) is 18.5 Å². The third kappa shape index (κ3) is 2.16. The first-order valence-corrected chi connectivity index (χ1v) is 7.71. The molecule has 0 bridgehead atoms. The van der Waals surface area contributed by atoms with Crippen LogP contribution in [0.1, 0.15) is 12.0 Å². The Balaban J connectivity index is 1.52. The van der Waals surface area contributed by atoms with Crippen molar-refractivity contribution in [2.45, 2.75) is 12.8 Å². The van der Waals surface area contributed by atoms with Gasteiger partial charge in [0.1, 0.15) is 0 Å². The minimum absolute atomic E-state index is 0.281. The Bertz CT molecular complexity index is 590. The molecule has 1 fully saturated rings. The number of rotatable bonds is 4. The Kier molecular flexibility index (Phi) is 3.23. The van der Waals surface area contributed by atoms with Gasteiger partial charge in [-0.15, -0.1) is 0 Å². The zero-order valence-corrected chi connectivity index (χ0v) is 11.9. The van der Waals surface area contributed by atoms with Crippen LogP contribution in [0, 0.1) is 23.7 Å². The predicted octanol–water partition coefficient (Wildman–Crippen LogP) is 2.94. The number of allylic oxidation sites excluding steroid dienone is 4. The highest BCUT2D eigenvalue weighted by molar-refractivity contribution is 5.44. The standard InChI is InChI=1S/C18H20O3/c19-8-7-15-13-3-1-2-4-14(13)16(15)9-12-5-6-17-18(10-12)21-11-20-17/h1-6,10,13-16,19H,7-9,11H2/t13?,14?,15-,16-/m1/s1. The van der Waals surface area contributed by atoms with E-state index in [2.05, 4.69) is 36.4 Å². The maximum Gasteiger partial charge on any atom is 0.231 e. The zero-order valence-electron chi connectivity index (χ0n) is 11.9. The normalized spacial score (nSPS) is 31.9. The summed E-state index contributed by atoms with van der Waals surface area (Å²) in [4.78, 5) is 0. The van der Waals surface area contributed by atoms with Crippen molar-refractivity contribution in [1.29, 1.82) is 0 Å². The van der Waals surface area contributed by atoms with E-state index in [9.17, 15) is 5.11 Å². The Morgan fingerprint density at radius 2 is 1.76 bits per heavy atom. The lowest BCUT2D eigenvalue weighted by Gasteiger charge is -2.51. The highest BCUT2D eigenvalue weighted by Gasteiger charge is 2.47. The number of fused-ring (bicyclic) bond motifs is 2. The first-order valence-electron chi connectivity index (χ1n) is 7.71. The lowest BCUT2D eigenvalue weighted by molar-refractivity contribution is 0.0219. The molecule has 1 aromatic rings. The summed E-state index contributed by atoms with van der Waals surface area (Å²) in [6, 6.07) is 6.25. The van der Waals surface area contributed by atoms with Crippen molar-refractivity contribution in [2.24, 2.45) is 23.7 Å². The second kappa shape index (κ2) is 5.23. The number of benzene rings is 1. The van der Waals surface area contributed by atoms with Crippen LogP contribution in [0.15, 0.2) is 42.5 Å². The van der Waals surface area contributed by atoms with E-state index >= 15 is 0 Å². The maximum absolute atomic E-state index is 9.32. The molecule has 3 aliphatic rings. The zero-order chi connectivity index (χ0) is 14.2. The fourth-order valence-corrected chi connectivity index (χ4v) is 4.11. The van der Waals surface area contributed by atoms with E-state index < -0.39 is 0 Å². The van der Waals surface area contributed by atoms with Gasteiger partial charge in [-0.2, -0.15) is 0 Å². The second-order valence-corrected chi connectivity index (χ2v) is 6.16. The van der Waals surface area contributed by atoms with Crippen LogP contribution in [0.2, 0.25) is 0 Å². The molecule has 1 heterocycles. The van der Waals surface area contributed by atoms with Gasteiger partial charge in [0.2, 0.25) is 6.79 Å². The first kappa shape index (κ1) is 13.0. The molecule has 110 valence electrons. The van der Waals surface area contributed by atoms with Crippen molar-refractivity contribution in [1.82, 2.24) is 0 Å². The summed E-state index contributed by atoms with van der Waals surface area (Å²) in [6.07, 6.45) is 10.9. The summed E-state index contributed by atoms with van der Waals surface area (Å²) in [7, 11) is 0. The van der Waals surface area contributed by atoms with Crippen LogP contribution in [0.4, 0.5) is 0 Å². The van der Waals surface area contributed by atoms with Crippen LogP contribution < -0.4 is 9.47 Å². The molecule has 2 unspecified atom stereocenters. The van der Waals surface area contributed by atoms with Crippen molar-refractivity contribution in [3.63, 3.8) is 0 Å². The molecule has 3 heteroatoms. The number of hydrogen-bond donors (Lipinski definition) is 1. The van der Waals surface area contributed by atoms with Crippen molar-refractivity contribution in [3.8, 4) is 11.5 Å². The fraction of sp³-hybridized carbons (Fsp3) is 0.444. The molecule has 4 rings (SSSR count). The van der Waals surface area contributed by atoms with E-state index in [0.717, 1.165) is 24.3 Å². The van der Waals surface area contributed by atoms with E-state index in [1.807, 2.05) is 6.07 Å². The van der Waals surface area contributed by atoms with Crippen molar-refractivity contribution < 1.29 is 14.6 Å². The average molecular weight is 284 g/mol. The minimum atomic E-state index is 0.281. The summed E-state index contributed by atoms with van der Waals surface area (Å²) < 4.78 is 10.8. The van der Waals surface area contributed by atoms with E-state index in [-0.39, 0.29) is 6.61 Å². The number of hydrogen-bond acceptors (Lipinski definition) is 3. The monoisotopic (exact) mass is 284 g/mol. The Morgan fingerprint density at radius 3 is 2.57 bits per heavy atom. The third-order valence-corrected chi connectivity index (χ3v) is 5.13. The van der Waals surface area contributed by atoms with Crippen LogP contribution in [0.5, 0.6) is 11.5 Å². The topological polar surface area (TPSA) is 38.7 Å². The minimum Gasteiger partial charge on any atom is -0.454 e. The molecule has 0 saturated heterocycles. The molecule has 21 heavy (non-hydrogen) atoms. The number of aliphatic hydroxyl groups excluding tert-OH is 1. The second-order valence-electron chi connectivity index (χ2n) is 6.16. The molecule has 2 aliphatic carbocycles. The molecular formula is C18H20O3. The van der Waals surface area contributed by atoms with Gasteiger partial charge < -0.3 is 14.6 Å². The van der Waals surface area contributed by atoms with Gasteiger partial charge in [-0.1, -0.05) is 30.4 Å². The largest absolute Gasteiger partial charge is 0.454 e. The van der Waals surface area contributed by atoms with Gasteiger partial charge in [0.15, 0.2) is 11.5 Å². The van der Waals surface area contributed by atoms with Crippen LogP contribution in [0.3, 0.4) is 0 Å². The van der Waals surface area contributed by atoms with Crippen molar-refractivity contribution in [2.75, 3.05) is 13.4 Å². The third-order valence-electron chi connectivity index (χ3n) is 5.13. The fourth-order valence-electron chi connectivity index (χ4n) is 4.11. The average Bonchev–Trinajstić information content (AvgIpc) is 2.98. The molecule has 0 radical (unpaired) electrons. The van der Waals surface area contributed by atoms with Gasteiger partial charge in [0, 0.05) is 6.61 Å². The highest BCUT2D eigenvalue weighted by Crippen LogP contribution is 2.52. The maximum atomic E-state index is 9.32. The molecule has 0 amide bonds. The van der Waals surface area contributed by atoms with Gasteiger partial charge in [-0.05, 0) is 54.2 Å². The Hall–Kier alpha value is -1.74. The predicted molar refractivity (Wildman–Crippen MR) is 80.2 cm³/mol. The molecule has 4 atom stereocenters. The summed E-state index contributed by atoms with van der Waals surface area (Å²) in [5, 5.41) is 9.32. The molecule has 0 aromatic heterocycles. The lowest BCUT2D eigenvalue weighted by Crippen LogP contribution is -2.47. The smallest absolute Gasteiger partial charge is 0.231 e. The van der Waals surface area contributed by atoms with Crippen molar-refractivity contribution >= 4 is 0 Å². The van der Waals surface area contributed by atoms with E-state index in [0.29, 0.717) is 30.5 Å². The van der Waals surface area contributed by atoms with Crippen LogP contribution in [-0.2, 0) is 6.42 Å². The first-order chi connectivity index (χ1) is 10.4. The molecule has 0 spiro atoms.